The summed E-state index contributed by atoms with van der Waals surface area (Å²) >= 11 is 9.64. The Morgan fingerprint density at radius 1 is 1.47 bits per heavy atom. The van der Waals surface area contributed by atoms with Crippen LogP contribution < -0.4 is 0 Å². The summed E-state index contributed by atoms with van der Waals surface area (Å²) in [5.41, 5.74) is 1.25. The standard InChI is InChI=1S/C12H21BrClN3/c1-9(7-10(2)14)12-11(13)8-15-17(12)6-5-16(3)4/h8-10H,5-7H2,1-4H3. The summed E-state index contributed by atoms with van der Waals surface area (Å²) in [5.74, 6) is 0.418. The second-order valence-corrected chi connectivity index (χ2v) is 6.42. The van der Waals surface area contributed by atoms with Crippen LogP contribution in [0.15, 0.2) is 10.7 Å². The zero-order valence-corrected chi connectivity index (χ0v) is 13.3. The number of likely N-dealkylation sites (N-methyl/N-ethyl adjacent to an activating group) is 1. The number of hydrogen-bond donors (Lipinski definition) is 0. The first-order valence-electron chi connectivity index (χ1n) is 5.91. The van der Waals surface area contributed by atoms with Crippen LogP contribution in [0.2, 0.25) is 0 Å². The molecule has 1 aromatic rings. The molecule has 0 saturated heterocycles. The molecule has 1 rings (SSSR count). The molecule has 2 atom stereocenters. The van der Waals surface area contributed by atoms with Crippen LogP contribution in [-0.2, 0) is 6.54 Å². The largest absolute Gasteiger partial charge is 0.308 e. The van der Waals surface area contributed by atoms with Crippen molar-refractivity contribution in [2.24, 2.45) is 0 Å². The number of aromatic nitrogens is 2. The zero-order chi connectivity index (χ0) is 13.0. The lowest BCUT2D eigenvalue weighted by Crippen LogP contribution is -2.21. The maximum atomic E-state index is 6.07. The van der Waals surface area contributed by atoms with Gasteiger partial charge in [-0.15, -0.1) is 11.6 Å². The fraction of sp³-hybridized carbons (Fsp3) is 0.750. The summed E-state index contributed by atoms with van der Waals surface area (Å²) in [4.78, 5) is 2.16. The first-order valence-corrected chi connectivity index (χ1v) is 7.14. The van der Waals surface area contributed by atoms with Gasteiger partial charge in [0.05, 0.1) is 22.9 Å². The van der Waals surface area contributed by atoms with Crippen molar-refractivity contribution in [2.45, 2.75) is 38.1 Å². The van der Waals surface area contributed by atoms with E-state index in [1.807, 2.05) is 13.1 Å². The zero-order valence-electron chi connectivity index (χ0n) is 11.0. The first-order chi connectivity index (χ1) is 7.91. The molecule has 0 aliphatic rings. The van der Waals surface area contributed by atoms with E-state index >= 15 is 0 Å². The third-order valence-corrected chi connectivity index (χ3v) is 3.53. The Morgan fingerprint density at radius 2 is 2.12 bits per heavy atom. The molecule has 0 aromatic carbocycles. The maximum absolute atomic E-state index is 6.07. The van der Waals surface area contributed by atoms with Gasteiger partial charge >= 0.3 is 0 Å². The lowest BCUT2D eigenvalue weighted by atomic mass is 10.0. The molecule has 0 saturated carbocycles. The Bertz CT molecular complexity index is 350. The number of halogens is 2. The van der Waals surface area contributed by atoms with Crippen LogP contribution in [0.1, 0.15) is 31.9 Å². The van der Waals surface area contributed by atoms with Gasteiger partial charge in [0.25, 0.3) is 0 Å². The highest BCUT2D eigenvalue weighted by Crippen LogP contribution is 2.29. The highest BCUT2D eigenvalue weighted by atomic mass is 79.9. The van der Waals surface area contributed by atoms with E-state index < -0.39 is 0 Å². The van der Waals surface area contributed by atoms with Crippen molar-refractivity contribution in [1.82, 2.24) is 14.7 Å². The molecule has 0 spiro atoms. The molecule has 98 valence electrons. The number of nitrogens with zero attached hydrogens (tertiary/aromatic N) is 3. The fourth-order valence-corrected chi connectivity index (χ4v) is 2.89. The van der Waals surface area contributed by atoms with E-state index in [0.29, 0.717) is 5.92 Å². The van der Waals surface area contributed by atoms with Crippen LogP contribution in [0, 0.1) is 0 Å². The van der Waals surface area contributed by atoms with Crippen molar-refractivity contribution in [3.05, 3.63) is 16.4 Å². The molecule has 2 unspecified atom stereocenters. The van der Waals surface area contributed by atoms with Crippen LogP contribution >= 0.6 is 27.5 Å². The molecule has 5 heteroatoms. The van der Waals surface area contributed by atoms with Gasteiger partial charge in [-0.2, -0.15) is 5.10 Å². The number of alkyl halides is 1. The van der Waals surface area contributed by atoms with Crippen molar-refractivity contribution in [2.75, 3.05) is 20.6 Å². The average Bonchev–Trinajstić information content (AvgIpc) is 2.55. The lowest BCUT2D eigenvalue weighted by Gasteiger charge is -2.17. The molecule has 0 fully saturated rings. The highest BCUT2D eigenvalue weighted by Gasteiger charge is 2.17. The first kappa shape index (κ1) is 15.0. The normalized spacial score (nSPS) is 15.2. The van der Waals surface area contributed by atoms with Crippen LogP contribution in [0.5, 0.6) is 0 Å². The molecular weight excluding hydrogens is 302 g/mol. The molecule has 0 aliphatic carbocycles. The third-order valence-electron chi connectivity index (χ3n) is 2.74. The third kappa shape index (κ3) is 4.60. The maximum Gasteiger partial charge on any atom is 0.0635 e. The van der Waals surface area contributed by atoms with Crippen molar-refractivity contribution in [3.8, 4) is 0 Å². The summed E-state index contributed by atoms with van der Waals surface area (Å²) in [7, 11) is 4.14. The van der Waals surface area contributed by atoms with Crippen LogP contribution in [0.3, 0.4) is 0 Å². The van der Waals surface area contributed by atoms with E-state index in [-0.39, 0.29) is 5.38 Å². The Labute approximate surface area is 117 Å². The van der Waals surface area contributed by atoms with Gasteiger partial charge in [-0.05, 0) is 43.4 Å². The molecule has 17 heavy (non-hydrogen) atoms. The molecule has 1 aromatic heterocycles. The lowest BCUT2D eigenvalue weighted by molar-refractivity contribution is 0.366. The van der Waals surface area contributed by atoms with Gasteiger partial charge in [0, 0.05) is 17.8 Å². The van der Waals surface area contributed by atoms with Crippen LogP contribution in [0.4, 0.5) is 0 Å². The highest BCUT2D eigenvalue weighted by molar-refractivity contribution is 9.10. The summed E-state index contributed by atoms with van der Waals surface area (Å²) in [6.07, 6.45) is 2.84. The Kier molecular flexibility index (Phi) is 5.97. The van der Waals surface area contributed by atoms with Gasteiger partial charge in [-0.25, -0.2) is 0 Å². The minimum absolute atomic E-state index is 0.189. The predicted octanol–water partition coefficient (Wildman–Crippen LogP) is 3.33. The Morgan fingerprint density at radius 3 is 2.65 bits per heavy atom. The van der Waals surface area contributed by atoms with Gasteiger partial charge < -0.3 is 4.90 Å². The summed E-state index contributed by atoms with van der Waals surface area (Å²) < 4.78 is 3.16. The van der Waals surface area contributed by atoms with Gasteiger partial charge in [0.1, 0.15) is 0 Å². The molecule has 0 bridgehead atoms. The van der Waals surface area contributed by atoms with Gasteiger partial charge in [-0.3, -0.25) is 4.68 Å². The minimum atomic E-state index is 0.189. The number of hydrogen-bond acceptors (Lipinski definition) is 2. The van der Waals surface area contributed by atoms with Gasteiger partial charge in [0.2, 0.25) is 0 Å². The molecule has 3 nitrogen and oxygen atoms in total. The van der Waals surface area contributed by atoms with Gasteiger partial charge in [-0.1, -0.05) is 6.92 Å². The van der Waals surface area contributed by atoms with Gasteiger partial charge in [0.15, 0.2) is 0 Å². The van der Waals surface area contributed by atoms with Crippen molar-refractivity contribution < 1.29 is 0 Å². The van der Waals surface area contributed by atoms with Crippen molar-refractivity contribution in [3.63, 3.8) is 0 Å². The van der Waals surface area contributed by atoms with E-state index in [9.17, 15) is 0 Å². The second-order valence-electron chi connectivity index (χ2n) is 4.82. The van der Waals surface area contributed by atoms with E-state index in [4.69, 9.17) is 11.6 Å². The van der Waals surface area contributed by atoms with Crippen LogP contribution in [0.25, 0.3) is 0 Å². The van der Waals surface area contributed by atoms with E-state index in [1.54, 1.807) is 0 Å². The molecule has 1 heterocycles. The van der Waals surface area contributed by atoms with E-state index in [2.05, 4.69) is 51.6 Å². The smallest absolute Gasteiger partial charge is 0.0635 e. The molecule has 0 amide bonds. The van der Waals surface area contributed by atoms with E-state index in [0.717, 1.165) is 24.0 Å². The molecule has 0 radical (unpaired) electrons. The summed E-state index contributed by atoms with van der Waals surface area (Å²) in [6, 6.07) is 0. The fourth-order valence-electron chi connectivity index (χ4n) is 1.93. The molecule has 0 N–H and O–H groups in total. The number of rotatable bonds is 6. The van der Waals surface area contributed by atoms with Crippen molar-refractivity contribution >= 4 is 27.5 Å². The van der Waals surface area contributed by atoms with Crippen LogP contribution in [-0.4, -0.2) is 40.7 Å². The minimum Gasteiger partial charge on any atom is -0.308 e. The monoisotopic (exact) mass is 321 g/mol. The predicted molar refractivity (Wildman–Crippen MR) is 76.8 cm³/mol. The average molecular weight is 323 g/mol. The molecule has 0 aliphatic heterocycles. The quantitative estimate of drug-likeness (QED) is 0.749. The summed E-state index contributed by atoms with van der Waals surface area (Å²) in [5, 5.41) is 4.61. The Balaban J connectivity index is 2.78. The SMILES string of the molecule is CC(Cl)CC(C)c1c(Br)cnn1CCN(C)C. The van der Waals surface area contributed by atoms with E-state index in [1.165, 1.54) is 5.69 Å². The summed E-state index contributed by atoms with van der Waals surface area (Å²) in [6.45, 7) is 6.14. The van der Waals surface area contributed by atoms with Crippen molar-refractivity contribution in [1.29, 1.82) is 0 Å². The second kappa shape index (κ2) is 6.76. The Hall–Kier alpha value is -0.0600. The topological polar surface area (TPSA) is 21.1 Å². The molecular formula is C12H21BrClN3.